The van der Waals surface area contributed by atoms with Gasteiger partial charge < -0.3 is 10.1 Å². The Hall–Kier alpha value is -0.860. The smallest absolute Gasteiger partial charge is 0.0866 e. The number of rotatable bonds is 5. The largest absolute Gasteiger partial charge is 0.373 e. The fourth-order valence-electron chi connectivity index (χ4n) is 3.22. The van der Waals surface area contributed by atoms with Gasteiger partial charge in [0.15, 0.2) is 0 Å². The zero-order valence-corrected chi connectivity index (χ0v) is 11.5. The van der Waals surface area contributed by atoms with Crippen molar-refractivity contribution in [2.45, 2.75) is 50.2 Å². The molecule has 1 heterocycles. The van der Waals surface area contributed by atoms with Crippen molar-refractivity contribution in [1.82, 2.24) is 5.32 Å². The molecule has 2 aliphatic carbocycles. The highest BCUT2D eigenvalue weighted by Gasteiger charge is 2.32. The zero-order valence-electron chi connectivity index (χ0n) is 11.5. The fraction of sp³-hybridized carbons (Fsp3) is 0.647. The Labute approximate surface area is 115 Å². The van der Waals surface area contributed by atoms with Crippen LogP contribution in [0.5, 0.6) is 0 Å². The summed E-state index contributed by atoms with van der Waals surface area (Å²) in [6.07, 6.45) is 7.02. The first-order valence-corrected chi connectivity index (χ1v) is 7.85. The molecule has 0 bridgehead atoms. The summed E-state index contributed by atoms with van der Waals surface area (Å²) in [7, 11) is 0. The maximum absolute atomic E-state index is 6.02. The van der Waals surface area contributed by atoms with E-state index in [4.69, 9.17) is 4.74 Å². The Morgan fingerprint density at radius 3 is 2.68 bits per heavy atom. The number of hydrogen-bond donors (Lipinski definition) is 1. The van der Waals surface area contributed by atoms with E-state index in [2.05, 4.69) is 29.6 Å². The lowest BCUT2D eigenvalue weighted by Crippen LogP contribution is -2.26. The van der Waals surface area contributed by atoms with Gasteiger partial charge in [-0.2, -0.15) is 0 Å². The van der Waals surface area contributed by atoms with Crippen LogP contribution in [0.4, 0.5) is 0 Å². The van der Waals surface area contributed by atoms with Crippen LogP contribution < -0.4 is 5.32 Å². The fourth-order valence-corrected chi connectivity index (χ4v) is 3.22. The summed E-state index contributed by atoms with van der Waals surface area (Å²) in [5.74, 6) is 1.50. The second-order valence-electron chi connectivity index (χ2n) is 6.47. The van der Waals surface area contributed by atoms with Gasteiger partial charge in [0, 0.05) is 25.1 Å². The Kier molecular flexibility index (Phi) is 3.08. The van der Waals surface area contributed by atoms with Crippen LogP contribution in [0.1, 0.15) is 55.3 Å². The molecule has 2 unspecified atom stereocenters. The minimum atomic E-state index is 0.324. The molecule has 2 nitrogen and oxygen atoms in total. The third kappa shape index (κ3) is 2.70. The molecule has 0 radical (unpaired) electrons. The summed E-state index contributed by atoms with van der Waals surface area (Å²) in [5, 5.41) is 3.67. The van der Waals surface area contributed by atoms with Crippen molar-refractivity contribution in [3.63, 3.8) is 0 Å². The minimum absolute atomic E-state index is 0.324. The van der Waals surface area contributed by atoms with Crippen LogP contribution in [-0.2, 0) is 4.74 Å². The second-order valence-corrected chi connectivity index (χ2v) is 6.47. The van der Waals surface area contributed by atoms with Gasteiger partial charge in [0.25, 0.3) is 0 Å². The molecule has 4 rings (SSSR count). The second kappa shape index (κ2) is 4.92. The lowest BCUT2D eigenvalue weighted by Gasteiger charge is -2.20. The number of hydrogen-bond acceptors (Lipinski definition) is 2. The first-order chi connectivity index (χ1) is 9.40. The van der Waals surface area contributed by atoms with Gasteiger partial charge in [0.05, 0.1) is 6.10 Å². The van der Waals surface area contributed by atoms with E-state index in [9.17, 15) is 0 Å². The van der Waals surface area contributed by atoms with Gasteiger partial charge >= 0.3 is 0 Å². The standard InChI is InChI=1S/C17H23NO/c1-2-13(12-4-5-12)10-14(3-1)17-15(8-9-19-17)11-18-16-6-7-16/h1-3,10,12,15-18H,4-9,11H2. The highest BCUT2D eigenvalue weighted by Crippen LogP contribution is 2.42. The number of nitrogens with one attached hydrogen (secondary N) is 1. The molecule has 1 aliphatic heterocycles. The van der Waals surface area contributed by atoms with Crippen LogP contribution in [-0.4, -0.2) is 19.2 Å². The molecule has 3 aliphatic rings. The SMILES string of the molecule is c1cc(C2CC2)cc(C2OCCC2CNC2CC2)c1. The van der Waals surface area contributed by atoms with Crippen molar-refractivity contribution in [2.24, 2.45) is 5.92 Å². The average Bonchev–Trinajstić information content (AvgIpc) is 3.35. The van der Waals surface area contributed by atoms with Crippen LogP contribution >= 0.6 is 0 Å². The summed E-state index contributed by atoms with van der Waals surface area (Å²) in [6.45, 7) is 2.05. The van der Waals surface area contributed by atoms with Crippen molar-refractivity contribution in [1.29, 1.82) is 0 Å². The van der Waals surface area contributed by atoms with E-state index in [1.807, 2.05) is 0 Å². The lowest BCUT2D eigenvalue weighted by atomic mass is 9.93. The molecular weight excluding hydrogens is 234 g/mol. The summed E-state index contributed by atoms with van der Waals surface area (Å²) in [6, 6.07) is 9.96. The third-order valence-electron chi connectivity index (χ3n) is 4.75. The lowest BCUT2D eigenvalue weighted by molar-refractivity contribution is 0.0904. The van der Waals surface area contributed by atoms with Crippen LogP contribution in [0, 0.1) is 5.92 Å². The van der Waals surface area contributed by atoms with E-state index in [-0.39, 0.29) is 0 Å². The Balaban J connectivity index is 1.47. The molecule has 2 saturated carbocycles. The number of benzene rings is 1. The van der Waals surface area contributed by atoms with E-state index in [0.29, 0.717) is 12.0 Å². The van der Waals surface area contributed by atoms with Crippen molar-refractivity contribution >= 4 is 0 Å². The Bertz CT molecular complexity index is 450. The topological polar surface area (TPSA) is 21.3 Å². The van der Waals surface area contributed by atoms with Crippen molar-refractivity contribution < 1.29 is 4.74 Å². The van der Waals surface area contributed by atoms with Gasteiger partial charge in [-0.3, -0.25) is 0 Å². The predicted octanol–water partition coefficient (Wildman–Crippen LogP) is 3.39. The van der Waals surface area contributed by atoms with Crippen LogP contribution in [0.2, 0.25) is 0 Å². The van der Waals surface area contributed by atoms with Gasteiger partial charge in [-0.05, 0) is 49.1 Å². The quantitative estimate of drug-likeness (QED) is 0.873. The molecular formula is C17H23NO. The number of ether oxygens (including phenoxy) is 1. The predicted molar refractivity (Wildman–Crippen MR) is 76.2 cm³/mol. The molecule has 1 aromatic rings. The van der Waals surface area contributed by atoms with Gasteiger partial charge in [0.2, 0.25) is 0 Å². The minimum Gasteiger partial charge on any atom is -0.373 e. The normalized spacial score (nSPS) is 30.7. The molecule has 1 saturated heterocycles. The summed E-state index contributed by atoms with van der Waals surface area (Å²) in [5.41, 5.74) is 2.94. The van der Waals surface area contributed by atoms with Crippen molar-refractivity contribution in [3.8, 4) is 0 Å². The van der Waals surface area contributed by atoms with E-state index >= 15 is 0 Å². The molecule has 19 heavy (non-hydrogen) atoms. The molecule has 0 amide bonds. The van der Waals surface area contributed by atoms with Crippen molar-refractivity contribution in [3.05, 3.63) is 35.4 Å². The molecule has 2 atom stereocenters. The maximum Gasteiger partial charge on any atom is 0.0866 e. The molecule has 0 aromatic heterocycles. The molecule has 3 fully saturated rings. The summed E-state index contributed by atoms with van der Waals surface area (Å²) >= 11 is 0. The maximum atomic E-state index is 6.02. The Morgan fingerprint density at radius 2 is 1.89 bits per heavy atom. The van der Waals surface area contributed by atoms with Gasteiger partial charge in [-0.15, -0.1) is 0 Å². The molecule has 1 N–H and O–H groups in total. The van der Waals surface area contributed by atoms with Gasteiger partial charge in [-0.1, -0.05) is 24.3 Å². The average molecular weight is 257 g/mol. The molecule has 2 heteroatoms. The highest BCUT2D eigenvalue weighted by atomic mass is 16.5. The Morgan fingerprint density at radius 1 is 1.05 bits per heavy atom. The van der Waals surface area contributed by atoms with E-state index in [0.717, 1.165) is 25.1 Å². The van der Waals surface area contributed by atoms with Crippen LogP contribution in [0.3, 0.4) is 0 Å². The van der Waals surface area contributed by atoms with E-state index in [1.54, 1.807) is 0 Å². The first kappa shape index (κ1) is 11.9. The zero-order chi connectivity index (χ0) is 12.7. The van der Waals surface area contributed by atoms with E-state index in [1.165, 1.54) is 43.2 Å². The first-order valence-electron chi connectivity index (χ1n) is 7.85. The molecule has 1 aromatic carbocycles. The molecule has 0 spiro atoms. The summed E-state index contributed by atoms with van der Waals surface area (Å²) in [4.78, 5) is 0. The van der Waals surface area contributed by atoms with E-state index < -0.39 is 0 Å². The third-order valence-corrected chi connectivity index (χ3v) is 4.75. The monoisotopic (exact) mass is 257 g/mol. The molecule has 102 valence electrons. The van der Waals surface area contributed by atoms with Gasteiger partial charge in [0.1, 0.15) is 0 Å². The van der Waals surface area contributed by atoms with Crippen LogP contribution in [0.15, 0.2) is 24.3 Å². The van der Waals surface area contributed by atoms with Crippen molar-refractivity contribution in [2.75, 3.05) is 13.2 Å². The summed E-state index contributed by atoms with van der Waals surface area (Å²) < 4.78 is 6.02. The van der Waals surface area contributed by atoms with Crippen LogP contribution in [0.25, 0.3) is 0 Å². The van der Waals surface area contributed by atoms with Gasteiger partial charge in [-0.25, -0.2) is 0 Å². The highest BCUT2D eigenvalue weighted by molar-refractivity contribution is 5.31.